The molecule has 2 N–H and O–H groups in total. The minimum absolute atomic E-state index is 0.406. The second-order valence-electron chi connectivity index (χ2n) is 7.81. The van der Waals surface area contributed by atoms with Crippen LogP contribution in [0.15, 0.2) is 42.5 Å². The maximum absolute atomic E-state index is 11.6. The summed E-state index contributed by atoms with van der Waals surface area (Å²) in [6.45, 7) is 9.87. The molecule has 29 heavy (non-hydrogen) atoms. The highest BCUT2D eigenvalue weighted by Crippen LogP contribution is 2.29. The number of alkyl carbamates (subject to hydrolysis) is 1. The van der Waals surface area contributed by atoms with Crippen LogP contribution in [-0.4, -0.2) is 31.9 Å². The average molecular weight is 401 g/mol. The van der Waals surface area contributed by atoms with E-state index in [2.05, 4.69) is 29.7 Å². The predicted molar refractivity (Wildman–Crippen MR) is 114 cm³/mol. The molecule has 0 aromatic heterocycles. The largest absolute Gasteiger partial charge is 0.493 e. The van der Waals surface area contributed by atoms with Crippen LogP contribution in [0.3, 0.4) is 0 Å². The summed E-state index contributed by atoms with van der Waals surface area (Å²) < 4.78 is 16.6. The van der Waals surface area contributed by atoms with Crippen molar-refractivity contribution >= 4 is 6.09 Å². The molecule has 0 fully saturated rings. The molecule has 2 aromatic carbocycles. The summed E-state index contributed by atoms with van der Waals surface area (Å²) in [6.07, 6.45) is -0.406. The fourth-order valence-electron chi connectivity index (χ4n) is 2.67. The van der Waals surface area contributed by atoms with Crippen LogP contribution in [0.4, 0.5) is 4.79 Å². The molecule has 158 valence electrons. The number of hydrogen-bond acceptors (Lipinski definition) is 5. The fourth-order valence-corrected chi connectivity index (χ4v) is 2.67. The van der Waals surface area contributed by atoms with Gasteiger partial charge < -0.3 is 24.8 Å². The van der Waals surface area contributed by atoms with E-state index in [1.165, 1.54) is 5.56 Å². The molecule has 1 amide bonds. The van der Waals surface area contributed by atoms with E-state index >= 15 is 0 Å². The van der Waals surface area contributed by atoms with Crippen LogP contribution >= 0.6 is 0 Å². The number of carbonyl (C=O) groups is 1. The zero-order valence-electron chi connectivity index (χ0n) is 18.0. The average Bonchev–Trinajstić information content (AvgIpc) is 2.66. The van der Waals surface area contributed by atoms with Gasteiger partial charge in [-0.25, -0.2) is 4.79 Å². The number of hydrogen-bond donors (Lipinski definition) is 2. The molecule has 0 unspecified atom stereocenters. The molecule has 2 aromatic rings. The highest BCUT2D eigenvalue weighted by atomic mass is 16.6. The van der Waals surface area contributed by atoms with Gasteiger partial charge in [0.1, 0.15) is 12.2 Å². The fraction of sp³-hybridized carbons (Fsp3) is 0.435. The Morgan fingerprint density at radius 1 is 1.03 bits per heavy atom. The van der Waals surface area contributed by atoms with Crippen molar-refractivity contribution in [2.75, 3.05) is 20.2 Å². The Morgan fingerprint density at radius 2 is 1.79 bits per heavy atom. The SMILES string of the molecule is COc1cc(CNCCNC(=O)OC(C)(C)C)ccc1OCc1ccccc1C. The maximum atomic E-state index is 11.6. The Labute approximate surface area is 173 Å². The number of benzene rings is 2. The summed E-state index contributed by atoms with van der Waals surface area (Å²) >= 11 is 0. The Balaban J connectivity index is 1.79. The normalized spacial score (nSPS) is 11.1. The first-order valence-electron chi connectivity index (χ1n) is 9.80. The van der Waals surface area contributed by atoms with Crippen molar-refractivity contribution in [3.63, 3.8) is 0 Å². The molecule has 0 aliphatic carbocycles. The molecule has 2 rings (SSSR count). The van der Waals surface area contributed by atoms with E-state index in [1.54, 1.807) is 7.11 Å². The van der Waals surface area contributed by atoms with E-state index in [-0.39, 0.29) is 0 Å². The van der Waals surface area contributed by atoms with Crippen molar-refractivity contribution in [2.45, 2.75) is 46.4 Å². The Hall–Kier alpha value is -2.73. The summed E-state index contributed by atoms with van der Waals surface area (Å²) in [4.78, 5) is 11.6. The lowest BCUT2D eigenvalue weighted by Crippen LogP contribution is -2.36. The smallest absolute Gasteiger partial charge is 0.407 e. The van der Waals surface area contributed by atoms with Crippen molar-refractivity contribution in [3.8, 4) is 11.5 Å². The molecule has 0 spiro atoms. The van der Waals surface area contributed by atoms with E-state index in [9.17, 15) is 4.79 Å². The maximum Gasteiger partial charge on any atom is 0.407 e. The van der Waals surface area contributed by atoms with Gasteiger partial charge in [0.15, 0.2) is 11.5 Å². The molecule has 6 heteroatoms. The summed E-state index contributed by atoms with van der Waals surface area (Å²) in [5.41, 5.74) is 2.93. The van der Waals surface area contributed by atoms with Gasteiger partial charge in [-0.1, -0.05) is 30.3 Å². The molecule has 0 radical (unpaired) electrons. The second kappa shape index (κ2) is 10.7. The number of methoxy groups -OCH3 is 1. The Kier molecular flexibility index (Phi) is 8.34. The summed E-state index contributed by atoms with van der Waals surface area (Å²) in [5, 5.41) is 6.01. The van der Waals surface area contributed by atoms with E-state index < -0.39 is 11.7 Å². The van der Waals surface area contributed by atoms with Crippen molar-refractivity contribution in [3.05, 3.63) is 59.2 Å². The topological polar surface area (TPSA) is 68.8 Å². The monoisotopic (exact) mass is 400 g/mol. The van der Waals surface area contributed by atoms with Crippen molar-refractivity contribution in [1.29, 1.82) is 0 Å². The Bertz CT molecular complexity index is 800. The molecular formula is C23H32N2O4. The van der Waals surface area contributed by atoms with Gasteiger partial charge in [-0.2, -0.15) is 0 Å². The molecule has 0 heterocycles. The van der Waals surface area contributed by atoms with E-state index in [0.717, 1.165) is 11.1 Å². The van der Waals surface area contributed by atoms with E-state index in [1.807, 2.05) is 51.1 Å². The second-order valence-corrected chi connectivity index (χ2v) is 7.81. The summed E-state index contributed by atoms with van der Waals surface area (Å²) in [5.74, 6) is 1.41. The quantitative estimate of drug-likeness (QED) is 0.618. The van der Waals surface area contributed by atoms with Gasteiger partial charge in [0.25, 0.3) is 0 Å². The first-order valence-corrected chi connectivity index (χ1v) is 9.80. The third-order valence-electron chi connectivity index (χ3n) is 4.17. The van der Waals surface area contributed by atoms with Crippen molar-refractivity contribution in [2.24, 2.45) is 0 Å². The van der Waals surface area contributed by atoms with Gasteiger partial charge in [-0.05, 0) is 56.5 Å². The minimum Gasteiger partial charge on any atom is -0.493 e. The standard InChI is InChI=1S/C23H32N2O4/c1-17-8-6-7-9-19(17)16-28-20-11-10-18(14-21(20)27-5)15-24-12-13-25-22(26)29-23(2,3)4/h6-11,14,24H,12-13,15-16H2,1-5H3,(H,25,26). The third kappa shape index (κ3) is 8.03. The lowest BCUT2D eigenvalue weighted by atomic mass is 10.1. The summed E-state index contributed by atoms with van der Waals surface area (Å²) in [6, 6.07) is 14.0. The zero-order chi connectivity index (χ0) is 21.3. The zero-order valence-corrected chi connectivity index (χ0v) is 18.0. The first kappa shape index (κ1) is 22.6. The third-order valence-corrected chi connectivity index (χ3v) is 4.17. The summed E-state index contributed by atoms with van der Waals surface area (Å²) in [7, 11) is 1.64. The number of ether oxygens (including phenoxy) is 3. The number of aryl methyl sites for hydroxylation is 1. The van der Waals surface area contributed by atoms with Crippen LogP contribution < -0.4 is 20.1 Å². The lowest BCUT2D eigenvalue weighted by molar-refractivity contribution is 0.0528. The lowest BCUT2D eigenvalue weighted by Gasteiger charge is -2.19. The molecular weight excluding hydrogens is 368 g/mol. The minimum atomic E-state index is -0.489. The van der Waals surface area contributed by atoms with Gasteiger partial charge in [0.2, 0.25) is 0 Å². The predicted octanol–water partition coefficient (Wildman–Crippen LogP) is 4.20. The van der Waals surface area contributed by atoms with Crippen LogP contribution in [0.2, 0.25) is 0 Å². The number of rotatable bonds is 9. The molecule has 0 aliphatic heterocycles. The molecule has 0 bridgehead atoms. The molecule has 0 aliphatic rings. The van der Waals surface area contributed by atoms with Gasteiger partial charge in [0.05, 0.1) is 7.11 Å². The Morgan fingerprint density at radius 3 is 2.48 bits per heavy atom. The highest BCUT2D eigenvalue weighted by Gasteiger charge is 2.15. The van der Waals surface area contributed by atoms with Crippen LogP contribution in [0.1, 0.15) is 37.5 Å². The molecule has 0 saturated carbocycles. The first-order chi connectivity index (χ1) is 13.8. The molecule has 6 nitrogen and oxygen atoms in total. The number of carbonyl (C=O) groups excluding carboxylic acids is 1. The van der Waals surface area contributed by atoms with E-state index in [4.69, 9.17) is 14.2 Å². The van der Waals surface area contributed by atoms with Gasteiger partial charge >= 0.3 is 6.09 Å². The van der Waals surface area contributed by atoms with Gasteiger partial charge in [-0.15, -0.1) is 0 Å². The molecule has 0 atom stereocenters. The van der Waals surface area contributed by atoms with E-state index in [0.29, 0.717) is 37.7 Å². The van der Waals surface area contributed by atoms with Crippen LogP contribution in [0.5, 0.6) is 11.5 Å². The molecule has 0 saturated heterocycles. The van der Waals surface area contributed by atoms with Crippen LogP contribution in [0, 0.1) is 6.92 Å². The van der Waals surface area contributed by atoms with Crippen molar-refractivity contribution < 1.29 is 19.0 Å². The van der Waals surface area contributed by atoms with Gasteiger partial charge in [0, 0.05) is 19.6 Å². The number of nitrogens with one attached hydrogen (secondary N) is 2. The number of amides is 1. The van der Waals surface area contributed by atoms with Crippen LogP contribution in [0.25, 0.3) is 0 Å². The highest BCUT2D eigenvalue weighted by molar-refractivity contribution is 5.67. The van der Waals surface area contributed by atoms with Crippen LogP contribution in [-0.2, 0) is 17.9 Å². The van der Waals surface area contributed by atoms with Gasteiger partial charge in [-0.3, -0.25) is 0 Å². The van der Waals surface area contributed by atoms with Crippen molar-refractivity contribution in [1.82, 2.24) is 10.6 Å².